The monoisotopic (exact) mass is 354 g/mol. The fraction of sp³-hybridized carbons (Fsp3) is 0.722. The molecule has 0 fully saturated rings. The van der Waals surface area contributed by atoms with Gasteiger partial charge in [-0.15, -0.1) is 0 Å². The zero-order chi connectivity index (χ0) is 17.6. The van der Waals surface area contributed by atoms with Crippen molar-refractivity contribution in [2.75, 3.05) is 44.7 Å². The zero-order valence-electron chi connectivity index (χ0n) is 15.7. The Morgan fingerprint density at radius 3 is 2.62 bits per heavy atom. The maximum atomic E-state index is 5.64. The lowest BCUT2D eigenvalue weighted by molar-refractivity contribution is 0.198. The molecule has 0 amide bonds. The van der Waals surface area contributed by atoms with Gasteiger partial charge in [-0.25, -0.2) is 0 Å². The van der Waals surface area contributed by atoms with Crippen LogP contribution in [0.25, 0.3) is 0 Å². The van der Waals surface area contributed by atoms with Gasteiger partial charge in [0.15, 0.2) is 5.96 Å². The SMILES string of the molecule is CCNC(=NCC(c1ccco1)N(CC)CC)NCCCCSC. The van der Waals surface area contributed by atoms with E-state index in [1.165, 1.54) is 18.6 Å². The minimum Gasteiger partial charge on any atom is -0.468 e. The van der Waals surface area contributed by atoms with Crippen molar-refractivity contribution in [3.8, 4) is 0 Å². The van der Waals surface area contributed by atoms with Gasteiger partial charge in [-0.3, -0.25) is 9.89 Å². The van der Waals surface area contributed by atoms with E-state index >= 15 is 0 Å². The van der Waals surface area contributed by atoms with Gasteiger partial charge in [0.25, 0.3) is 0 Å². The van der Waals surface area contributed by atoms with Crippen molar-refractivity contribution in [2.24, 2.45) is 4.99 Å². The molecule has 2 N–H and O–H groups in total. The van der Waals surface area contributed by atoms with Gasteiger partial charge in [0.05, 0.1) is 18.8 Å². The number of nitrogens with zero attached hydrogens (tertiary/aromatic N) is 2. The van der Waals surface area contributed by atoms with Crippen LogP contribution in [0.4, 0.5) is 0 Å². The van der Waals surface area contributed by atoms with Gasteiger partial charge < -0.3 is 15.1 Å². The number of hydrogen-bond donors (Lipinski definition) is 2. The van der Waals surface area contributed by atoms with Crippen LogP contribution in [0, 0.1) is 0 Å². The molecule has 0 bridgehead atoms. The Balaban J connectivity index is 2.64. The fourth-order valence-electron chi connectivity index (χ4n) is 2.63. The Morgan fingerprint density at radius 1 is 1.25 bits per heavy atom. The van der Waals surface area contributed by atoms with Crippen molar-refractivity contribution in [2.45, 2.75) is 39.7 Å². The van der Waals surface area contributed by atoms with Crippen LogP contribution in [0.3, 0.4) is 0 Å². The van der Waals surface area contributed by atoms with Crippen LogP contribution >= 0.6 is 11.8 Å². The molecule has 0 aliphatic heterocycles. The van der Waals surface area contributed by atoms with E-state index in [1.807, 2.05) is 23.9 Å². The number of nitrogens with one attached hydrogen (secondary N) is 2. The second-order valence-electron chi connectivity index (χ2n) is 5.60. The van der Waals surface area contributed by atoms with E-state index in [4.69, 9.17) is 9.41 Å². The average molecular weight is 355 g/mol. The molecule has 0 radical (unpaired) electrons. The summed E-state index contributed by atoms with van der Waals surface area (Å²) < 4.78 is 5.64. The van der Waals surface area contributed by atoms with E-state index in [0.717, 1.165) is 37.9 Å². The predicted octanol–water partition coefficient (Wildman–Crippen LogP) is 3.36. The second kappa shape index (κ2) is 13.2. The molecular formula is C18H34N4OS. The second-order valence-corrected chi connectivity index (χ2v) is 6.58. The standard InChI is InChI=1S/C18H34N4OS/c1-5-19-18(20-12-8-9-14-24-4)21-15-16(22(6-2)7-3)17-11-10-13-23-17/h10-11,13,16H,5-9,12,14-15H2,1-4H3,(H2,19,20,21). The van der Waals surface area contributed by atoms with Crippen molar-refractivity contribution >= 4 is 17.7 Å². The number of guanidine groups is 1. The number of thioether (sulfide) groups is 1. The van der Waals surface area contributed by atoms with Crippen LogP contribution in [-0.2, 0) is 0 Å². The van der Waals surface area contributed by atoms with Gasteiger partial charge in [0.2, 0.25) is 0 Å². The van der Waals surface area contributed by atoms with E-state index in [1.54, 1.807) is 6.26 Å². The van der Waals surface area contributed by atoms with E-state index in [0.29, 0.717) is 6.54 Å². The summed E-state index contributed by atoms with van der Waals surface area (Å²) >= 11 is 1.90. The lowest BCUT2D eigenvalue weighted by atomic mass is 10.2. The minimum atomic E-state index is 0.182. The molecule has 24 heavy (non-hydrogen) atoms. The molecule has 1 aromatic heterocycles. The molecule has 1 aromatic rings. The predicted molar refractivity (Wildman–Crippen MR) is 106 cm³/mol. The number of unbranched alkanes of at least 4 members (excludes halogenated alkanes) is 1. The largest absolute Gasteiger partial charge is 0.468 e. The first-order chi connectivity index (χ1) is 11.8. The van der Waals surface area contributed by atoms with Crippen LogP contribution in [0.1, 0.15) is 45.4 Å². The highest BCUT2D eigenvalue weighted by Gasteiger charge is 2.20. The maximum Gasteiger partial charge on any atom is 0.191 e. The van der Waals surface area contributed by atoms with E-state index < -0.39 is 0 Å². The van der Waals surface area contributed by atoms with Gasteiger partial charge >= 0.3 is 0 Å². The number of furan rings is 1. The molecular weight excluding hydrogens is 320 g/mol. The lowest BCUT2D eigenvalue weighted by Gasteiger charge is -2.27. The minimum absolute atomic E-state index is 0.182. The van der Waals surface area contributed by atoms with Crippen LogP contribution in [0.15, 0.2) is 27.8 Å². The molecule has 0 aliphatic rings. The Bertz CT molecular complexity index is 432. The van der Waals surface area contributed by atoms with Crippen molar-refractivity contribution in [1.82, 2.24) is 15.5 Å². The van der Waals surface area contributed by atoms with E-state index in [2.05, 4.69) is 42.6 Å². The molecule has 1 rings (SSSR count). The number of likely N-dealkylation sites (N-methyl/N-ethyl adjacent to an activating group) is 1. The van der Waals surface area contributed by atoms with Gasteiger partial charge in [-0.2, -0.15) is 11.8 Å². The third kappa shape index (κ3) is 7.62. The molecule has 0 spiro atoms. The molecule has 1 heterocycles. The summed E-state index contributed by atoms with van der Waals surface area (Å²) in [6.45, 7) is 10.9. The van der Waals surface area contributed by atoms with Gasteiger partial charge in [0.1, 0.15) is 5.76 Å². The van der Waals surface area contributed by atoms with Crippen LogP contribution in [0.5, 0.6) is 0 Å². The molecule has 5 nitrogen and oxygen atoms in total. The Kier molecular flexibility index (Phi) is 11.5. The Morgan fingerprint density at radius 2 is 2.04 bits per heavy atom. The Hall–Kier alpha value is -1.14. The summed E-state index contributed by atoms with van der Waals surface area (Å²) in [5.41, 5.74) is 0. The molecule has 1 unspecified atom stereocenters. The highest BCUT2D eigenvalue weighted by atomic mass is 32.2. The van der Waals surface area contributed by atoms with Crippen LogP contribution in [0.2, 0.25) is 0 Å². The molecule has 0 saturated carbocycles. The maximum absolute atomic E-state index is 5.64. The summed E-state index contributed by atoms with van der Waals surface area (Å²) in [6, 6.07) is 4.17. The molecule has 0 saturated heterocycles. The van der Waals surface area contributed by atoms with Crippen LogP contribution in [-0.4, -0.2) is 55.6 Å². The quantitative estimate of drug-likeness (QED) is 0.342. The third-order valence-electron chi connectivity index (χ3n) is 3.96. The molecule has 0 aromatic carbocycles. The first-order valence-electron chi connectivity index (χ1n) is 9.05. The molecule has 138 valence electrons. The topological polar surface area (TPSA) is 52.8 Å². The zero-order valence-corrected chi connectivity index (χ0v) is 16.5. The summed E-state index contributed by atoms with van der Waals surface area (Å²) in [5, 5.41) is 6.77. The smallest absolute Gasteiger partial charge is 0.191 e. The fourth-order valence-corrected chi connectivity index (χ4v) is 3.12. The Labute approximate surface area is 151 Å². The molecule has 6 heteroatoms. The molecule has 1 atom stereocenters. The highest BCUT2D eigenvalue weighted by Crippen LogP contribution is 2.21. The summed E-state index contributed by atoms with van der Waals surface area (Å²) in [5.74, 6) is 3.10. The summed E-state index contributed by atoms with van der Waals surface area (Å²) in [7, 11) is 0. The van der Waals surface area contributed by atoms with Crippen molar-refractivity contribution < 1.29 is 4.42 Å². The average Bonchev–Trinajstić information content (AvgIpc) is 3.12. The summed E-state index contributed by atoms with van der Waals surface area (Å²) in [4.78, 5) is 7.17. The van der Waals surface area contributed by atoms with Gasteiger partial charge in [-0.1, -0.05) is 13.8 Å². The molecule has 0 aliphatic carbocycles. The summed E-state index contributed by atoms with van der Waals surface area (Å²) in [6.07, 6.45) is 6.30. The van der Waals surface area contributed by atoms with Crippen LogP contribution < -0.4 is 10.6 Å². The lowest BCUT2D eigenvalue weighted by Crippen LogP contribution is -2.39. The highest BCUT2D eigenvalue weighted by molar-refractivity contribution is 7.98. The normalized spacial score (nSPS) is 13.3. The number of aliphatic imine (C=N–C) groups is 1. The number of hydrogen-bond acceptors (Lipinski definition) is 4. The van der Waals surface area contributed by atoms with E-state index in [9.17, 15) is 0 Å². The number of rotatable bonds is 12. The van der Waals surface area contributed by atoms with Crippen molar-refractivity contribution in [1.29, 1.82) is 0 Å². The third-order valence-corrected chi connectivity index (χ3v) is 4.66. The van der Waals surface area contributed by atoms with E-state index in [-0.39, 0.29) is 6.04 Å². The van der Waals surface area contributed by atoms with Crippen molar-refractivity contribution in [3.63, 3.8) is 0 Å². The first-order valence-corrected chi connectivity index (χ1v) is 10.4. The van der Waals surface area contributed by atoms with Gasteiger partial charge in [-0.05, 0) is 57.0 Å². The first kappa shape index (κ1) is 20.9. The van der Waals surface area contributed by atoms with Gasteiger partial charge in [0, 0.05) is 13.1 Å². The van der Waals surface area contributed by atoms with Crippen molar-refractivity contribution in [3.05, 3.63) is 24.2 Å².